The van der Waals surface area contributed by atoms with Crippen LogP contribution in [0.15, 0.2) is 41.3 Å². The van der Waals surface area contributed by atoms with Gasteiger partial charge in [0.2, 0.25) is 0 Å². The van der Waals surface area contributed by atoms with E-state index in [-0.39, 0.29) is 4.90 Å². The molecule has 0 saturated heterocycles. The Bertz CT molecular complexity index is 762. The first kappa shape index (κ1) is 16.2. The monoisotopic (exact) mass is 321 g/mol. The van der Waals surface area contributed by atoms with Crippen LogP contribution in [0.25, 0.3) is 0 Å². The highest BCUT2D eigenvalue weighted by Crippen LogP contribution is 2.27. The minimum Gasteiger partial charge on any atom is -0.497 e. The molecule has 0 heterocycles. The van der Waals surface area contributed by atoms with Gasteiger partial charge in [0, 0.05) is 18.2 Å². The first-order valence-corrected chi connectivity index (χ1v) is 8.17. The number of aryl methyl sites for hydroxylation is 2. The summed E-state index contributed by atoms with van der Waals surface area (Å²) in [4.78, 5) is 0.220. The number of hydrogen-bond donors (Lipinski definition) is 1. The van der Waals surface area contributed by atoms with E-state index in [1.807, 2.05) is 13.8 Å². The Morgan fingerprint density at radius 1 is 0.864 bits per heavy atom. The number of sulfonamides is 1. The van der Waals surface area contributed by atoms with Gasteiger partial charge in [0.05, 0.1) is 24.8 Å². The molecule has 0 aromatic heterocycles. The van der Waals surface area contributed by atoms with Crippen LogP contribution in [-0.2, 0) is 10.0 Å². The third kappa shape index (κ3) is 3.51. The van der Waals surface area contributed by atoms with Gasteiger partial charge in [-0.05, 0) is 37.1 Å². The van der Waals surface area contributed by atoms with Gasteiger partial charge in [0.25, 0.3) is 10.0 Å². The average Bonchev–Trinajstić information content (AvgIpc) is 2.48. The molecule has 22 heavy (non-hydrogen) atoms. The Labute approximate surface area is 130 Å². The molecule has 118 valence electrons. The van der Waals surface area contributed by atoms with Crippen LogP contribution in [0.4, 0.5) is 5.69 Å². The molecule has 6 heteroatoms. The van der Waals surface area contributed by atoms with Crippen LogP contribution in [-0.4, -0.2) is 22.6 Å². The Kier molecular flexibility index (Phi) is 4.61. The van der Waals surface area contributed by atoms with Gasteiger partial charge >= 0.3 is 0 Å². The fourth-order valence-electron chi connectivity index (χ4n) is 1.96. The summed E-state index contributed by atoms with van der Waals surface area (Å²) in [7, 11) is -0.643. The van der Waals surface area contributed by atoms with Gasteiger partial charge in [-0.1, -0.05) is 6.07 Å². The van der Waals surface area contributed by atoms with E-state index >= 15 is 0 Å². The number of ether oxygens (including phenoxy) is 2. The number of benzene rings is 2. The molecule has 0 radical (unpaired) electrons. The Morgan fingerprint density at radius 3 is 1.95 bits per heavy atom. The number of methoxy groups -OCH3 is 2. The van der Waals surface area contributed by atoms with Crippen LogP contribution in [0.2, 0.25) is 0 Å². The van der Waals surface area contributed by atoms with E-state index in [2.05, 4.69) is 4.72 Å². The molecule has 0 aliphatic rings. The fourth-order valence-corrected chi connectivity index (χ4v) is 3.09. The molecule has 0 saturated carbocycles. The van der Waals surface area contributed by atoms with Gasteiger partial charge in [0.1, 0.15) is 11.5 Å². The molecule has 1 N–H and O–H groups in total. The second-order valence-corrected chi connectivity index (χ2v) is 6.64. The van der Waals surface area contributed by atoms with Gasteiger partial charge in [-0.15, -0.1) is 0 Å². The normalized spacial score (nSPS) is 11.1. The van der Waals surface area contributed by atoms with Gasteiger partial charge in [0.15, 0.2) is 0 Å². The summed E-state index contributed by atoms with van der Waals surface area (Å²) in [5.41, 5.74) is 2.35. The molecule has 2 aromatic rings. The van der Waals surface area contributed by atoms with E-state index in [0.29, 0.717) is 17.2 Å². The number of nitrogens with one attached hydrogen (secondary N) is 1. The zero-order chi connectivity index (χ0) is 16.3. The van der Waals surface area contributed by atoms with Crippen LogP contribution < -0.4 is 14.2 Å². The van der Waals surface area contributed by atoms with Crippen molar-refractivity contribution in [3.05, 3.63) is 47.5 Å². The molecule has 2 rings (SSSR count). The Hall–Kier alpha value is -2.21. The van der Waals surface area contributed by atoms with E-state index in [1.165, 1.54) is 14.2 Å². The quantitative estimate of drug-likeness (QED) is 0.919. The van der Waals surface area contributed by atoms with E-state index in [4.69, 9.17) is 9.47 Å². The minimum absolute atomic E-state index is 0.220. The lowest BCUT2D eigenvalue weighted by Gasteiger charge is -2.12. The maximum Gasteiger partial charge on any atom is 0.261 e. The smallest absolute Gasteiger partial charge is 0.261 e. The van der Waals surface area contributed by atoms with Crippen molar-refractivity contribution in [2.75, 3.05) is 18.9 Å². The van der Waals surface area contributed by atoms with E-state index in [1.54, 1.807) is 36.4 Å². The van der Waals surface area contributed by atoms with Gasteiger partial charge in [-0.2, -0.15) is 0 Å². The number of anilines is 1. The van der Waals surface area contributed by atoms with E-state index in [0.717, 1.165) is 11.1 Å². The Balaban J connectivity index is 2.37. The zero-order valence-corrected chi connectivity index (χ0v) is 13.8. The predicted octanol–water partition coefficient (Wildman–Crippen LogP) is 3.12. The molecule has 0 amide bonds. The lowest BCUT2D eigenvalue weighted by atomic mass is 10.1. The first-order chi connectivity index (χ1) is 10.4. The molecular weight excluding hydrogens is 302 g/mol. The molecule has 0 unspecified atom stereocenters. The van der Waals surface area contributed by atoms with Crippen molar-refractivity contribution in [3.63, 3.8) is 0 Å². The van der Waals surface area contributed by atoms with Crippen LogP contribution in [0.1, 0.15) is 11.1 Å². The van der Waals surface area contributed by atoms with E-state index < -0.39 is 10.0 Å². The van der Waals surface area contributed by atoms with Crippen molar-refractivity contribution < 1.29 is 17.9 Å². The average molecular weight is 321 g/mol. The van der Waals surface area contributed by atoms with Crippen molar-refractivity contribution in [1.29, 1.82) is 0 Å². The van der Waals surface area contributed by atoms with Crippen molar-refractivity contribution in [2.24, 2.45) is 0 Å². The summed E-state index contributed by atoms with van der Waals surface area (Å²) in [6.45, 7) is 3.81. The summed E-state index contributed by atoms with van der Waals surface area (Å²) in [6.07, 6.45) is 0. The summed E-state index contributed by atoms with van der Waals surface area (Å²) < 4.78 is 37.8. The molecule has 0 atom stereocenters. The lowest BCUT2D eigenvalue weighted by Crippen LogP contribution is -2.13. The highest BCUT2D eigenvalue weighted by Gasteiger charge is 2.16. The molecule has 0 bridgehead atoms. The van der Waals surface area contributed by atoms with Gasteiger partial charge < -0.3 is 9.47 Å². The van der Waals surface area contributed by atoms with Crippen LogP contribution in [0, 0.1) is 13.8 Å². The van der Waals surface area contributed by atoms with Crippen molar-refractivity contribution >= 4 is 15.7 Å². The van der Waals surface area contributed by atoms with Crippen LogP contribution >= 0.6 is 0 Å². The summed E-state index contributed by atoms with van der Waals surface area (Å²) in [6, 6.07) is 9.89. The second kappa shape index (κ2) is 6.27. The summed E-state index contributed by atoms with van der Waals surface area (Å²) >= 11 is 0. The highest BCUT2D eigenvalue weighted by atomic mass is 32.2. The predicted molar refractivity (Wildman–Crippen MR) is 86.3 cm³/mol. The third-order valence-electron chi connectivity index (χ3n) is 3.39. The highest BCUT2D eigenvalue weighted by molar-refractivity contribution is 7.92. The van der Waals surface area contributed by atoms with Crippen LogP contribution in [0.5, 0.6) is 11.5 Å². The van der Waals surface area contributed by atoms with Crippen LogP contribution in [0.3, 0.4) is 0 Å². The molecule has 5 nitrogen and oxygen atoms in total. The Morgan fingerprint density at radius 2 is 1.45 bits per heavy atom. The molecular formula is C16H19NO4S. The summed E-state index contributed by atoms with van der Waals surface area (Å²) in [5.74, 6) is 1.02. The molecule has 0 spiro atoms. The standard InChI is InChI=1S/C16H19NO4S/c1-11-5-6-16(7-12(11)2)22(18,19)17-13-8-14(20-3)10-15(9-13)21-4/h5-10,17H,1-4H3. The number of rotatable bonds is 5. The van der Waals surface area contributed by atoms with E-state index in [9.17, 15) is 8.42 Å². The topological polar surface area (TPSA) is 64.6 Å². The maximum absolute atomic E-state index is 12.5. The van der Waals surface area contributed by atoms with Crippen molar-refractivity contribution in [3.8, 4) is 11.5 Å². The lowest BCUT2D eigenvalue weighted by molar-refractivity contribution is 0.395. The molecule has 2 aromatic carbocycles. The molecule has 0 aliphatic carbocycles. The second-order valence-electron chi connectivity index (χ2n) is 4.95. The largest absolute Gasteiger partial charge is 0.497 e. The minimum atomic E-state index is -3.66. The zero-order valence-electron chi connectivity index (χ0n) is 13.0. The first-order valence-electron chi connectivity index (χ1n) is 6.69. The molecule has 0 fully saturated rings. The number of hydrogen-bond acceptors (Lipinski definition) is 4. The van der Waals surface area contributed by atoms with Gasteiger partial charge in [-0.25, -0.2) is 8.42 Å². The fraction of sp³-hybridized carbons (Fsp3) is 0.250. The van der Waals surface area contributed by atoms with Gasteiger partial charge in [-0.3, -0.25) is 4.72 Å². The molecule has 0 aliphatic heterocycles. The third-order valence-corrected chi connectivity index (χ3v) is 4.77. The SMILES string of the molecule is COc1cc(NS(=O)(=O)c2ccc(C)c(C)c2)cc(OC)c1. The van der Waals surface area contributed by atoms with Crippen molar-refractivity contribution in [1.82, 2.24) is 0 Å². The maximum atomic E-state index is 12.5. The summed E-state index contributed by atoms with van der Waals surface area (Å²) in [5, 5.41) is 0. The van der Waals surface area contributed by atoms with Crippen molar-refractivity contribution in [2.45, 2.75) is 18.7 Å².